The Kier molecular flexibility index (Phi) is 5.14. The van der Waals surface area contributed by atoms with Crippen LogP contribution >= 0.6 is 0 Å². The molecule has 1 amide bonds. The number of H-pyrrole nitrogens is 1. The smallest absolute Gasteiger partial charge is 0.224 e. The number of nitrogens with zero attached hydrogens (tertiary/aromatic N) is 1. The third kappa shape index (κ3) is 4.67. The van der Waals surface area contributed by atoms with Crippen molar-refractivity contribution >= 4 is 16.9 Å². The van der Waals surface area contributed by atoms with Crippen LogP contribution in [0.5, 0.6) is 0 Å². The molecular weight excluding hydrogens is 314 g/mol. The third-order valence-corrected chi connectivity index (χ3v) is 3.94. The average molecular weight is 337 g/mol. The van der Waals surface area contributed by atoms with Gasteiger partial charge in [0.25, 0.3) is 0 Å². The monoisotopic (exact) mass is 337 g/mol. The topological polar surface area (TPSA) is 67.0 Å². The summed E-state index contributed by atoms with van der Waals surface area (Å²) in [5.74, 6) is -0.0296. The largest absolute Gasteiger partial charge is 0.374 e. The number of carbonyl (C=O) groups excluding carboxylic acids is 1. The number of nitrogens with one attached hydrogen (secondary N) is 2. The Morgan fingerprint density at radius 2 is 2.00 bits per heavy atom. The van der Waals surface area contributed by atoms with Gasteiger partial charge in [0, 0.05) is 17.8 Å². The van der Waals surface area contributed by atoms with E-state index in [1.165, 1.54) is 0 Å². The zero-order valence-electron chi connectivity index (χ0n) is 14.6. The van der Waals surface area contributed by atoms with Gasteiger partial charge in [-0.05, 0) is 37.1 Å². The first-order valence-corrected chi connectivity index (χ1v) is 8.37. The normalized spacial score (nSPS) is 11.6. The van der Waals surface area contributed by atoms with Crippen LogP contribution in [0.4, 0.5) is 0 Å². The van der Waals surface area contributed by atoms with Gasteiger partial charge < -0.3 is 15.0 Å². The number of hydrogen-bond acceptors (Lipinski definition) is 3. The van der Waals surface area contributed by atoms with E-state index in [1.54, 1.807) is 6.20 Å². The van der Waals surface area contributed by atoms with Crippen LogP contribution in [-0.2, 0) is 22.6 Å². The molecule has 0 unspecified atom stereocenters. The van der Waals surface area contributed by atoms with Crippen LogP contribution < -0.4 is 5.32 Å². The van der Waals surface area contributed by atoms with Gasteiger partial charge in [-0.25, -0.2) is 4.98 Å². The van der Waals surface area contributed by atoms with Crippen molar-refractivity contribution in [2.24, 2.45) is 0 Å². The summed E-state index contributed by atoms with van der Waals surface area (Å²) in [5, 5.41) is 4.03. The van der Waals surface area contributed by atoms with Crippen molar-refractivity contribution in [3.8, 4) is 0 Å². The van der Waals surface area contributed by atoms with Crippen molar-refractivity contribution in [1.29, 1.82) is 0 Å². The number of aromatic amines is 1. The number of pyridine rings is 1. The molecule has 2 heterocycles. The Morgan fingerprint density at radius 1 is 1.20 bits per heavy atom. The van der Waals surface area contributed by atoms with Crippen LogP contribution in [0.3, 0.4) is 0 Å². The summed E-state index contributed by atoms with van der Waals surface area (Å²) in [5.41, 5.74) is 2.43. The van der Waals surface area contributed by atoms with Crippen molar-refractivity contribution < 1.29 is 9.53 Å². The Morgan fingerprint density at radius 3 is 2.80 bits per heavy atom. The maximum absolute atomic E-state index is 12.4. The summed E-state index contributed by atoms with van der Waals surface area (Å²) < 4.78 is 5.76. The molecule has 3 aromatic rings. The van der Waals surface area contributed by atoms with Gasteiger partial charge >= 0.3 is 0 Å². The van der Waals surface area contributed by atoms with E-state index in [2.05, 4.69) is 15.3 Å². The number of hydrogen-bond donors (Lipinski definition) is 2. The van der Waals surface area contributed by atoms with E-state index in [0.717, 1.165) is 22.2 Å². The molecule has 2 aromatic heterocycles. The molecule has 0 radical (unpaired) electrons. The SMILES string of the molecule is CC(C)(COCc1ccccc1)NC(=O)Cc1c[nH]c2ncccc12. The number of aromatic nitrogens is 2. The minimum atomic E-state index is -0.434. The van der Waals surface area contributed by atoms with Gasteiger partial charge in [0.15, 0.2) is 0 Å². The second-order valence-electron chi connectivity index (χ2n) is 6.80. The van der Waals surface area contributed by atoms with Gasteiger partial charge in [0.05, 0.1) is 25.2 Å². The molecule has 25 heavy (non-hydrogen) atoms. The van der Waals surface area contributed by atoms with Crippen LogP contribution in [0.2, 0.25) is 0 Å². The molecule has 0 fully saturated rings. The predicted octanol–water partition coefficient (Wildman–Crippen LogP) is 3.22. The highest BCUT2D eigenvalue weighted by atomic mass is 16.5. The molecule has 130 valence electrons. The zero-order valence-corrected chi connectivity index (χ0v) is 14.6. The van der Waals surface area contributed by atoms with Gasteiger partial charge in [0.2, 0.25) is 5.91 Å². The maximum atomic E-state index is 12.4. The first-order chi connectivity index (χ1) is 12.0. The van der Waals surface area contributed by atoms with Crippen molar-refractivity contribution in [3.05, 3.63) is 66.0 Å². The molecule has 5 heteroatoms. The number of amides is 1. The molecule has 5 nitrogen and oxygen atoms in total. The standard InChI is InChI=1S/C20H23N3O2/c1-20(2,14-25-13-15-7-4-3-5-8-15)23-18(24)11-16-12-22-19-17(16)9-6-10-21-19/h3-10,12H,11,13-14H2,1-2H3,(H,21,22)(H,23,24). The van der Waals surface area contributed by atoms with E-state index < -0.39 is 5.54 Å². The molecule has 0 atom stereocenters. The van der Waals surface area contributed by atoms with Crippen LogP contribution in [0, 0.1) is 0 Å². The van der Waals surface area contributed by atoms with E-state index in [9.17, 15) is 4.79 Å². The van der Waals surface area contributed by atoms with E-state index in [0.29, 0.717) is 19.6 Å². The highest BCUT2D eigenvalue weighted by molar-refractivity contribution is 5.87. The third-order valence-electron chi connectivity index (χ3n) is 3.94. The number of rotatable bonds is 7. The number of benzene rings is 1. The first kappa shape index (κ1) is 17.2. The molecule has 3 rings (SSSR count). The lowest BCUT2D eigenvalue weighted by atomic mass is 10.1. The second-order valence-corrected chi connectivity index (χ2v) is 6.80. The van der Waals surface area contributed by atoms with Crippen molar-refractivity contribution in [3.63, 3.8) is 0 Å². The predicted molar refractivity (Wildman–Crippen MR) is 98.1 cm³/mol. The molecule has 0 saturated heterocycles. The Bertz CT molecular complexity index is 840. The van der Waals surface area contributed by atoms with Gasteiger partial charge in [-0.1, -0.05) is 30.3 Å². The Hall–Kier alpha value is -2.66. The molecule has 0 aliphatic rings. The Balaban J connectivity index is 1.52. The fourth-order valence-corrected chi connectivity index (χ4v) is 2.79. The lowest BCUT2D eigenvalue weighted by Gasteiger charge is -2.26. The molecule has 0 bridgehead atoms. The summed E-state index contributed by atoms with van der Waals surface area (Å²) in [6, 6.07) is 13.8. The first-order valence-electron chi connectivity index (χ1n) is 8.37. The van der Waals surface area contributed by atoms with Crippen molar-refractivity contribution in [2.45, 2.75) is 32.4 Å². The summed E-state index contributed by atoms with van der Waals surface area (Å²) >= 11 is 0. The van der Waals surface area contributed by atoms with E-state index in [-0.39, 0.29) is 5.91 Å². The van der Waals surface area contributed by atoms with Crippen LogP contribution in [-0.4, -0.2) is 28.0 Å². The molecule has 1 aromatic carbocycles. The molecule has 0 aliphatic carbocycles. The fraction of sp³-hybridized carbons (Fsp3) is 0.300. The fourth-order valence-electron chi connectivity index (χ4n) is 2.79. The van der Waals surface area contributed by atoms with Crippen LogP contribution in [0.25, 0.3) is 11.0 Å². The lowest BCUT2D eigenvalue weighted by Crippen LogP contribution is -2.47. The van der Waals surface area contributed by atoms with E-state index in [4.69, 9.17) is 4.74 Å². The quantitative estimate of drug-likeness (QED) is 0.696. The van der Waals surface area contributed by atoms with E-state index >= 15 is 0 Å². The van der Waals surface area contributed by atoms with Crippen molar-refractivity contribution in [2.75, 3.05) is 6.61 Å². The maximum Gasteiger partial charge on any atom is 0.224 e. The number of fused-ring (bicyclic) bond motifs is 1. The minimum Gasteiger partial charge on any atom is -0.374 e. The molecule has 0 saturated carbocycles. The summed E-state index contributed by atoms with van der Waals surface area (Å²) in [4.78, 5) is 19.7. The molecule has 0 aliphatic heterocycles. The van der Waals surface area contributed by atoms with E-state index in [1.807, 2.05) is 62.5 Å². The van der Waals surface area contributed by atoms with Crippen LogP contribution in [0.1, 0.15) is 25.0 Å². The summed E-state index contributed by atoms with van der Waals surface area (Å²) in [6.07, 6.45) is 3.89. The summed E-state index contributed by atoms with van der Waals surface area (Å²) in [7, 11) is 0. The van der Waals surface area contributed by atoms with Gasteiger partial charge in [0.1, 0.15) is 5.65 Å². The molecular formula is C20H23N3O2. The number of carbonyl (C=O) groups is 1. The van der Waals surface area contributed by atoms with Crippen LogP contribution in [0.15, 0.2) is 54.9 Å². The Labute approximate surface area is 147 Å². The van der Waals surface area contributed by atoms with Gasteiger partial charge in [-0.2, -0.15) is 0 Å². The average Bonchev–Trinajstić information content (AvgIpc) is 2.98. The second kappa shape index (κ2) is 7.49. The molecule has 0 spiro atoms. The molecule has 2 N–H and O–H groups in total. The lowest BCUT2D eigenvalue weighted by molar-refractivity contribution is -0.122. The van der Waals surface area contributed by atoms with Gasteiger partial charge in [-0.3, -0.25) is 4.79 Å². The minimum absolute atomic E-state index is 0.0296. The van der Waals surface area contributed by atoms with Gasteiger partial charge in [-0.15, -0.1) is 0 Å². The van der Waals surface area contributed by atoms with Crippen molar-refractivity contribution in [1.82, 2.24) is 15.3 Å². The summed E-state index contributed by atoms with van der Waals surface area (Å²) in [6.45, 7) is 4.91. The zero-order chi connectivity index (χ0) is 17.7. The highest BCUT2D eigenvalue weighted by Crippen LogP contribution is 2.16. The number of ether oxygens (including phenoxy) is 1. The highest BCUT2D eigenvalue weighted by Gasteiger charge is 2.21.